The van der Waals surface area contributed by atoms with E-state index in [1.165, 1.54) is 5.56 Å². The van der Waals surface area contributed by atoms with Crippen molar-refractivity contribution >= 4 is 28.5 Å². The van der Waals surface area contributed by atoms with E-state index >= 15 is 0 Å². The Morgan fingerprint density at radius 3 is 3.11 bits per heavy atom. The third kappa shape index (κ3) is 2.73. The Balaban J connectivity index is 1.65. The summed E-state index contributed by atoms with van der Waals surface area (Å²) in [4.78, 5) is 4.41. The number of fused-ring (bicyclic) bond motifs is 1. The smallest absolute Gasteiger partial charge is 0.256 e. The van der Waals surface area contributed by atoms with Crippen LogP contribution in [-0.2, 0) is 13.5 Å². The van der Waals surface area contributed by atoms with Crippen molar-refractivity contribution in [2.45, 2.75) is 11.6 Å². The van der Waals surface area contributed by atoms with Crippen LogP contribution in [0.15, 0.2) is 40.2 Å². The number of oxazole rings is 1. The van der Waals surface area contributed by atoms with Crippen LogP contribution in [0.5, 0.6) is 0 Å². The Bertz CT molecular complexity index is 704. The number of nitrogens with zero attached hydrogens (tertiary/aromatic N) is 3. The second-order valence-corrected chi connectivity index (χ2v) is 5.37. The van der Waals surface area contributed by atoms with Crippen molar-refractivity contribution < 1.29 is 4.42 Å². The van der Waals surface area contributed by atoms with Crippen LogP contribution in [0.2, 0.25) is 0 Å². The summed E-state index contributed by atoms with van der Waals surface area (Å²) in [5.74, 6) is 0.911. The Kier molecular flexibility index (Phi) is 3.16. The first-order valence-corrected chi connectivity index (χ1v) is 6.96. The van der Waals surface area contributed by atoms with Crippen molar-refractivity contribution in [2.75, 3.05) is 11.5 Å². The van der Waals surface area contributed by atoms with Crippen molar-refractivity contribution in [3.8, 4) is 0 Å². The van der Waals surface area contributed by atoms with Gasteiger partial charge in [-0.05, 0) is 24.1 Å². The zero-order valence-corrected chi connectivity index (χ0v) is 11.4. The van der Waals surface area contributed by atoms with Gasteiger partial charge < -0.3 is 10.2 Å². The molecule has 0 atom stereocenters. The van der Waals surface area contributed by atoms with Crippen molar-refractivity contribution in [3.05, 3.63) is 36.2 Å². The molecule has 2 N–H and O–H groups in total. The molecule has 0 spiro atoms. The van der Waals surface area contributed by atoms with Crippen molar-refractivity contribution in [1.82, 2.24) is 14.8 Å². The Hall–Kier alpha value is -1.95. The Morgan fingerprint density at radius 2 is 2.32 bits per heavy atom. The van der Waals surface area contributed by atoms with Crippen LogP contribution in [0.4, 0.5) is 5.69 Å². The van der Waals surface area contributed by atoms with Crippen LogP contribution < -0.4 is 5.73 Å². The van der Waals surface area contributed by atoms with Crippen LogP contribution in [0.25, 0.3) is 11.1 Å². The average Bonchev–Trinajstić information content (AvgIpc) is 2.95. The fraction of sp³-hybridized carbons (Fsp3) is 0.231. The van der Waals surface area contributed by atoms with Gasteiger partial charge in [-0.1, -0.05) is 11.8 Å². The maximum atomic E-state index is 5.71. The molecule has 0 amide bonds. The zero-order valence-electron chi connectivity index (χ0n) is 10.5. The first-order valence-electron chi connectivity index (χ1n) is 5.97. The summed E-state index contributed by atoms with van der Waals surface area (Å²) in [5, 5.41) is 4.83. The van der Waals surface area contributed by atoms with Gasteiger partial charge in [0, 0.05) is 30.8 Å². The summed E-state index contributed by atoms with van der Waals surface area (Å²) in [6, 6.07) is 5.50. The molecule has 98 valence electrons. The molecular formula is C13H14N4OS. The minimum atomic E-state index is 0.685. The van der Waals surface area contributed by atoms with Gasteiger partial charge in [0.05, 0.1) is 6.20 Å². The number of nitrogens with two attached hydrogens (primary N) is 1. The molecule has 0 saturated carbocycles. The molecule has 6 heteroatoms. The maximum Gasteiger partial charge on any atom is 0.256 e. The number of anilines is 1. The topological polar surface area (TPSA) is 69.9 Å². The maximum absolute atomic E-state index is 5.71. The highest BCUT2D eigenvalue weighted by molar-refractivity contribution is 7.99. The second kappa shape index (κ2) is 4.97. The highest BCUT2D eigenvalue weighted by Gasteiger charge is 2.06. The van der Waals surface area contributed by atoms with E-state index in [4.69, 9.17) is 10.2 Å². The van der Waals surface area contributed by atoms with E-state index < -0.39 is 0 Å². The third-order valence-corrected chi connectivity index (χ3v) is 3.60. The van der Waals surface area contributed by atoms with Crippen LogP contribution in [0.1, 0.15) is 5.56 Å². The number of nitrogen functional groups attached to an aromatic ring is 1. The quantitative estimate of drug-likeness (QED) is 0.584. The fourth-order valence-electron chi connectivity index (χ4n) is 1.84. The molecule has 0 aliphatic rings. The fourth-order valence-corrected chi connectivity index (χ4v) is 2.66. The highest BCUT2D eigenvalue weighted by Crippen LogP contribution is 2.25. The lowest BCUT2D eigenvalue weighted by atomic mass is 10.3. The zero-order chi connectivity index (χ0) is 13.2. The van der Waals surface area contributed by atoms with Crippen molar-refractivity contribution in [1.29, 1.82) is 0 Å². The van der Waals surface area contributed by atoms with Crippen LogP contribution in [-0.4, -0.2) is 20.5 Å². The van der Waals surface area contributed by atoms with Crippen LogP contribution in [0, 0.1) is 0 Å². The standard InChI is InChI=1S/C13H14N4OS/c1-17-8-9(7-15-17)4-5-19-13-16-11-3-2-10(14)6-12(11)18-13/h2-3,6-8H,4-5,14H2,1H3. The molecule has 5 nitrogen and oxygen atoms in total. The van der Waals surface area contributed by atoms with Gasteiger partial charge in [-0.2, -0.15) is 5.10 Å². The molecule has 0 radical (unpaired) electrons. The van der Waals surface area contributed by atoms with Gasteiger partial charge >= 0.3 is 0 Å². The highest BCUT2D eigenvalue weighted by atomic mass is 32.2. The predicted octanol–water partition coefficient (Wildman–Crippen LogP) is 2.48. The number of thioether (sulfide) groups is 1. The molecule has 1 aromatic carbocycles. The molecule has 3 aromatic rings. The second-order valence-electron chi connectivity index (χ2n) is 4.33. The molecular weight excluding hydrogens is 260 g/mol. The number of rotatable bonds is 4. The molecule has 0 aliphatic carbocycles. The predicted molar refractivity (Wildman–Crippen MR) is 76.1 cm³/mol. The minimum absolute atomic E-state index is 0.685. The molecule has 0 bridgehead atoms. The molecule has 3 rings (SSSR count). The summed E-state index contributed by atoms with van der Waals surface area (Å²) in [6.45, 7) is 0. The number of hydrogen-bond donors (Lipinski definition) is 1. The summed E-state index contributed by atoms with van der Waals surface area (Å²) >= 11 is 1.60. The van der Waals surface area contributed by atoms with E-state index in [1.54, 1.807) is 17.8 Å². The lowest BCUT2D eigenvalue weighted by Crippen LogP contribution is -1.87. The van der Waals surface area contributed by atoms with Gasteiger partial charge in [-0.25, -0.2) is 4.98 Å². The molecule has 2 aromatic heterocycles. The summed E-state index contributed by atoms with van der Waals surface area (Å²) in [7, 11) is 1.92. The van der Waals surface area contributed by atoms with E-state index in [1.807, 2.05) is 36.3 Å². The summed E-state index contributed by atoms with van der Waals surface area (Å²) in [5.41, 5.74) is 9.20. The largest absolute Gasteiger partial charge is 0.431 e. The number of hydrogen-bond acceptors (Lipinski definition) is 5. The normalized spacial score (nSPS) is 11.2. The SMILES string of the molecule is Cn1cc(CCSc2nc3ccc(N)cc3o2)cn1. The summed E-state index contributed by atoms with van der Waals surface area (Å²) < 4.78 is 7.45. The van der Waals surface area contributed by atoms with Gasteiger partial charge in [0.25, 0.3) is 5.22 Å². The number of benzene rings is 1. The lowest BCUT2D eigenvalue weighted by Gasteiger charge is -1.94. The molecule has 0 aliphatic heterocycles. The van der Waals surface area contributed by atoms with E-state index in [-0.39, 0.29) is 0 Å². The molecule has 0 unspecified atom stereocenters. The molecule has 2 heterocycles. The van der Waals surface area contributed by atoms with Gasteiger partial charge in [0.15, 0.2) is 5.58 Å². The van der Waals surface area contributed by atoms with Crippen LogP contribution >= 0.6 is 11.8 Å². The Morgan fingerprint density at radius 1 is 1.42 bits per heavy atom. The molecule has 0 saturated heterocycles. The van der Waals surface area contributed by atoms with E-state index in [9.17, 15) is 0 Å². The van der Waals surface area contributed by atoms with Crippen molar-refractivity contribution in [3.63, 3.8) is 0 Å². The summed E-state index contributed by atoms with van der Waals surface area (Å²) in [6.07, 6.45) is 4.85. The number of aryl methyl sites for hydroxylation is 2. The van der Waals surface area contributed by atoms with Crippen molar-refractivity contribution in [2.24, 2.45) is 7.05 Å². The third-order valence-electron chi connectivity index (χ3n) is 2.77. The first-order chi connectivity index (χ1) is 9.20. The van der Waals surface area contributed by atoms with Gasteiger partial charge in [-0.15, -0.1) is 0 Å². The van der Waals surface area contributed by atoms with E-state index in [0.717, 1.165) is 23.3 Å². The van der Waals surface area contributed by atoms with E-state index in [0.29, 0.717) is 10.9 Å². The van der Waals surface area contributed by atoms with Gasteiger partial charge in [-0.3, -0.25) is 4.68 Å². The lowest BCUT2D eigenvalue weighted by molar-refractivity contribution is 0.489. The molecule has 0 fully saturated rings. The Labute approximate surface area is 114 Å². The average molecular weight is 274 g/mol. The molecule has 19 heavy (non-hydrogen) atoms. The monoisotopic (exact) mass is 274 g/mol. The van der Waals surface area contributed by atoms with Gasteiger partial charge in [0.1, 0.15) is 5.52 Å². The number of aromatic nitrogens is 3. The van der Waals surface area contributed by atoms with Gasteiger partial charge in [0.2, 0.25) is 0 Å². The first kappa shape index (κ1) is 12.1. The van der Waals surface area contributed by atoms with E-state index in [2.05, 4.69) is 10.1 Å². The minimum Gasteiger partial charge on any atom is -0.431 e. The van der Waals surface area contributed by atoms with Crippen LogP contribution in [0.3, 0.4) is 0 Å².